The van der Waals surface area contributed by atoms with Crippen molar-refractivity contribution >= 4 is 11.8 Å². The molecule has 2 atom stereocenters. The third kappa shape index (κ3) is 17.3. The van der Waals surface area contributed by atoms with Crippen molar-refractivity contribution in [3.05, 3.63) is 71.8 Å². The average Bonchev–Trinajstić information content (AvgIpc) is 2.70. The summed E-state index contributed by atoms with van der Waals surface area (Å²) in [7, 11) is 1.74. The van der Waals surface area contributed by atoms with Crippen molar-refractivity contribution < 1.29 is 4.74 Å². The van der Waals surface area contributed by atoms with E-state index in [1.165, 1.54) is 23.3 Å². The molecule has 0 aliphatic heterocycles. The number of hydrogen-bond acceptors (Lipinski definition) is 2. The summed E-state index contributed by atoms with van der Waals surface area (Å²) in [5, 5.41) is 0.691. The highest BCUT2D eigenvalue weighted by molar-refractivity contribution is 7.99. The van der Waals surface area contributed by atoms with Gasteiger partial charge in [-0.15, -0.1) is 0 Å². The van der Waals surface area contributed by atoms with Crippen LogP contribution in [0, 0.1) is 0 Å². The highest BCUT2D eigenvalue weighted by Gasteiger charge is 2.06. The molecular formula is C27H52OS. The maximum atomic E-state index is 5.06. The average molecular weight is 425 g/mol. The molecule has 0 radical (unpaired) electrons. The number of thioether (sulfide) groups is 1. The van der Waals surface area contributed by atoms with Crippen LogP contribution in [0.25, 0.3) is 0 Å². The molecule has 2 aromatic carbocycles. The van der Waals surface area contributed by atoms with E-state index >= 15 is 0 Å². The Morgan fingerprint density at radius 1 is 0.759 bits per heavy atom. The van der Waals surface area contributed by atoms with E-state index in [0.29, 0.717) is 11.2 Å². The summed E-state index contributed by atoms with van der Waals surface area (Å²) in [4.78, 5) is 0. The fraction of sp³-hybridized carbons (Fsp3) is 0.556. The van der Waals surface area contributed by atoms with Gasteiger partial charge in [-0.2, -0.15) is 11.8 Å². The summed E-state index contributed by atoms with van der Waals surface area (Å²) in [6, 6.07) is 21.2. The number of hydrogen-bond donors (Lipinski definition) is 0. The molecule has 0 aliphatic rings. The molecular weight excluding hydrogens is 372 g/mol. The smallest absolute Gasteiger partial charge is 0.0528 e. The van der Waals surface area contributed by atoms with E-state index < -0.39 is 0 Å². The molecule has 2 rings (SSSR count). The van der Waals surface area contributed by atoms with E-state index in [1.54, 1.807) is 7.11 Å². The summed E-state index contributed by atoms with van der Waals surface area (Å²) in [6.07, 6.45) is 1.22. The molecule has 29 heavy (non-hydrogen) atoms. The van der Waals surface area contributed by atoms with Gasteiger partial charge < -0.3 is 4.74 Å². The summed E-state index contributed by atoms with van der Waals surface area (Å²) in [6.45, 7) is 11.4. The molecule has 0 N–H and O–H groups in total. The van der Waals surface area contributed by atoms with Gasteiger partial charge in [0.2, 0.25) is 0 Å². The van der Waals surface area contributed by atoms with Crippen molar-refractivity contribution in [3.8, 4) is 0 Å². The fourth-order valence-corrected chi connectivity index (χ4v) is 3.43. The first-order valence-corrected chi connectivity index (χ1v) is 10.5. The van der Waals surface area contributed by atoms with E-state index in [-0.39, 0.29) is 29.7 Å². The number of methoxy groups -OCH3 is 1. The Kier molecular flexibility index (Phi) is 35.4. The Bertz CT molecular complexity index is 498. The second kappa shape index (κ2) is 26.8. The lowest BCUT2D eigenvalue weighted by atomic mass is 10.0. The zero-order valence-corrected chi connectivity index (χ0v) is 17.7. The third-order valence-corrected chi connectivity index (χ3v) is 5.04. The molecule has 2 aromatic rings. The van der Waals surface area contributed by atoms with Crippen LogP contribution < -0.4 is 0 Å². The summed E-state index contributed by atoms with van der Waals surface area (Å²) < 4.78 is 5.06. The largest absolute Gasteiger partial charge is 0.384 e. The topological polar surface area (TPSA) is 9.23 Å². The molecule has 0 bridgehead atoms. The predicted molar refractivity (Wildman–Crippen MR) is 143 cm³/mol. The Morgan fingerprint density at radius 2 is 1.17 bits per heavy atom. The van der Waals surface area contributed by atoms with Gasteiger partial charge in [0.1, 0.15) is 0 Å². The molecule has 0 aromatic heterocycles. The summed E-state index contributed by atoms with van der Waals surface area (Å²) in [5.74, 6) is 1.70. The lowest BCUT2D eigenvalue weighted by Crippen LogP contribution is -2.00. The quantitative estimate of drug-likeness (QED) is 0.437. The standard InChI is InChI=1S/C11H16S.C10H14O.C2H6.4CH4/c1-3-11(12-4-2)10-8-6-5-7-9-10;1-9(8-11-2)10-6-4-3-5-7-10;1-2;;;;/h5-9,11H,3-4H2,1-2H3;3-7,9H,8H2,1-2H3;1-2H3;4*1H4. The highest BCUT2D eigenvalue weighted by atomic mass is 32.2. The molecule has 0 aliphatic carbocycles. The second-order valence-corrected chi connectivity index (χ2v) is 7.01. The minimum atomic E-state index is 0. The molecule has 0 saturated heterocycles. The van der Waals surface area contributed by atoms with Crippen LogP contribution >= 0.6 is 11.8 Å². The highest BCUT2D eigenvalue weighted by Crippen LogP contribution is 2.30. The first-order chi connectivity index (χ1) is 12.2. The maximum absolute atomic E-state index is 5.06. The van der Waals surface area contributed by atoms with Crippen molar-refractivity contribution in [1.29, 1.82) is 0 Å². The van der Waals surface area contributed by atoms with Gasteiger partial charge in [-0.3, -0.25) is 0 Å². The zero-order chi connectivity index (χ0) is 18.9. The molecule has 2 heteroatoms. The zero-order valence-electron chi connectivity index (χ0n) is 16.9. The molecule has 0 saturated carbocycles. The van der Waals surface area contributed by atoms with Crippen LogP contribution in [-0.2, 0) is 4.74 Å². The van der Waals surface area contributed by atoms with Gasteiger partial charge in [-0.1, -0.05) is 125 Å². The van der Waals surface area contributed by atoms with Gasteiger partial charge in [0.15, 0.2) is 0 Å². The molecule has 1 nitrogen and oxygen atoms in total. The Hall–Kier alpha value is -1.25. The van der Waals surface area contributed by atoms with Crippen LogP contribution in [0.2, 0.25) is 0 Å². The Balaban J connectivity index is -0.000000108. The minimum Gasteiger partial charge on any atom is -0.384 e. The SMILES string of the molecule is C.C.C.C.CC.CCSC(CC)c1ccccc1.COCC(C)c1ccccc1. The van der Waals surface area contributed by atoms with E-state index in [4.69, 9.17) is 4.74 Å². The van der Waals surface area contributed by atoms with E-state index in [2.05, 4.69) is 75.4 Å². The van der Waals surface area contributed by atoms with E-state index in [0.717, 1.165) is 6.61 Å². The fourth-order valence-electron chi connectivity index (χ4n) is 2.45. The summed E-state index contributed by atoms with van der Waals surface area (Å²) in [5.41, 5.74) is 2.81. The number of ether oxygens (including phenoxy) is 1. The van der Waals surface area contributed by atoms with Crippen molar-refractivity contribution in [3.63, 3.8) is 0 Å². The van der Waals surface area contributed by atoms with E-state index in [1.807, 2.05) is 31.7 Å². The van der Waals surface area contributed by atoms with Crippen molar-refractivity contribution in [2.24, 2.45) is 0 Å². The van der Waals surface area contributed by atoms with Crippen molar-refractivity contribution in [2.75, 3.05) is 19.5 Å². The van der Waals surface area contributed by atoms with Crippen molar-refractivity contribution in [1.82, 2.24) is 0 Å². The van der Waals surface area contributed by atoms with Crippen LogP contribution in [-0.4, -0.2) is 19.5 Å². The molecule has 0 fully saturated rings. The second-order valence-electron chi connectivity index (χ2n) is 5.53. The summed E-state index contributed by atoms with van der Waals surface area (Å²) >= 11 is 2.03. The molecule has 172 valence electrons. The monoisotopic (exact) mass is 424 g/mol. The molecule has 0 amide bonds. The molecule has 2 unspecified atom stereocenters. The van der Waals surface area contributed by atoms with Crippen LogP contribution in [0.4, 0.5) is 0 Å². The van der Waals surface area contributed by atoms with E-state index in [9.17, 15) is 0 Å². The third-order valence-electron chi connectivity index (χ3n) is 3.70. The van der Waals surface area contributed by atoms with Gasteiger partial charge in [0.25, 0.3) is 0 Å². The lowest BCUT2D eigenvalue weighted by Gasteiger charge is -2.12. The van der Waals surface area contributed by atoms with Gasteiger partial charge >= 0.3 is 0 Å². The van der Waals surface area contributed by atoms with Crippen LogP contribution in [0.15, 0.2) is 60.7 Å². The number of benzene rings is 2. The number of rotatable bonds is 7. The first-order valence-electron chi connectivity index (χ1n) is 9.43. The van der Waals surface area contributed by atoms with Gasteiger partial charge in [0.05, 0.1) is 6.61 Å². The predicted octanol–water partition coefficient (Wildman–Crippen LogP) is 9.90. The minimum absolute atomic E-state index is 0. The van der Waals surface area contributed by atoms with Crippen LogP contribution in [0.1, 0.15) is 93.0 Å². The first kappa shape index (κ1) is 38.4. The van der Waals surface area contributed by atoms with Crippen LogP contribution in [0.3, 0.4) is 0 Å². The van der Waals surface area contributed by atoms with Crippen LogP contribution in [0.5, 0.6) is 0 Å². The normalized spacial score (nSPS) is 10.4. The Morgan fingerprint density at radius 3 is 1.52 bits per heavy atom. The molecule has 0 heterocycles. The van der Waals surface area contributed by atoms with Gasteiger partial charge in [-0.25, -0.2) is 0 Å². The Labute approximate surface area is 189 Å². The van der Waals surface area contributed by atoms with Gasteiger partial charge in [-0.05, 0) is 23.3 Å². The van der Waals surface area contributed by atoms with Gasteiger partial charge in [0, 0.05) is 18.3 Å². The van der Waals surface area contributed by atoms with Crippen molar-refractivity contribution in [2.45, 2.75) is 81.9 Å². The molecule has 0 spiro atoms. The maximum Gasteiger partial charge on any atom is 0.0528 e. The lowest BCUT2D eigenvalue weighted by molar-refractivity contribution is 0.184.